The Balaban J connectivity index is 1.85. The second kappa shape index (κ2) is 7.30. The molecule has 0 saturated carbocycles. The molecule has 0 unspecified atom stereocenters. The molecular weight excluding hydrogens is 395 g/mol. The van der Waals surface area contributed by atoms with Crippen molar-refractivity contribution in [2.24, 2.45) is 0 Å². The normalized spacial score (nSPS) is 12.9. The topological polar surface area (TPSA) is 75.7 Å². The highest BCUT2D eigenvalue weighted by atomic mass is 35.5. The molecule has 9 heteroatoms. The van der Waals surface area contributed by atoms with Gasteiger partial charge in [0.15, 0.2) is 0 Å². The monoisotopic (exact) mass is 410 g/mol. The zero-order valence-corrected chi connectivity index (χ0v) is 16.1. The fourth-order valence-electron chi connectivity index (χ4n) is 2.46. The summed E-state index contributed by atoms with van der Waals surface area (Å²) < 4.78 is 46.0. The van der Waals surface area contributed by atoms with Crippen molar-refractivity contribution in [2.75, 3.05) is 14.1 Å². The summed E-state index contributed by atoms with van der Waals surface area (Å²) >= 11 is 6.10. The van der Waals surface area contributed by atoms with Crippen LogP contribution in [-0.2, 0) is 16.6 Å². The molecule has 2 aromatic rings. The number of nitrogens with zero attached hydrogens (tertiary/aromatic N) is 1. The van der Waals surface area contributed by atoms with E-state index in [-0.39, 0.29) is 10.8 Å². The summed E-state index contributed by atoms with van der Waals surface area (Å²) in [4.78, 5) is 12.1. The number of hydrogen-bond donors (Lipinski definition) is 1. The lowest BCUT2D eigenvalue weighted by Gasteiger charge is -2.14. The third kappa shape index (κ3) is 4.13. The lowest BCUT2D eigenvalue weighted by atomic mass is 10.1. The maximum absolute atomic E-state index is 14.4. The first kappa shape index (κ1) is 19.3. The van der Waals surface area contributed by atoms with Gasteiger partial charge >= 0.3 is 10.2 Å². The first-order valence-corrected chi connectivity index (χ1v) is 9.70. The zero-order chi connectivity index (χ0) is 19.8. The summed E-state index contributed by atoms with van der Waals surface area (Å²) in [5.41, 5.74) is 1.66. The number of halogens is 2. The van der Waals surface area contributed by atoms with E-state index in [0.29, 0.717) is 5.75 Å². The van der Waals surface area contributed by atoms with Crippen LogP contribution in [0.2, 0.25) is 5.02 Å². The van der Waals surface area contributed by atoms with Crippen LogP contribution >= 0.6 is 11.6 Å². The number of rotatable bonds is 5. The van der Waals surface area contributed by atoms with E-state index in [1.165, 1.54) is 14.1 Å². The fraction of sp³-hybridized carbons (Fsp3) is 0.167. The van der Waals surface area contributed by atoms with E-state index in [1.54, 1.807) is 16.9 Å². The van der Waals surface area contributed by atoms with Gasteiger partial charge in [0, 0.05) is 20.2 Å². The van der Waals surface area contributed by atoms with Gasteiger partial charge in [0.2, 0.25) is 0 Å². The van der Waals surface area contributed by atoms with E-state index < -0.39 is 27.5 Å². The maximum atomic E-state index is 14.4. The predicted octanol–water partition coefficient (Wildman–Crippen LogP) is 3.38. The van der Waals surface area contributed by atoms with E-state index in [0.717, 1.165) is 34.0 Å². The summed E-state index contributed by atoms with van der Waals surface area (Å²) in [6.07, 6.45) is 4.84. The number of fused-ring (bicyclic) bond motifs is 1. The minimum atomic E-state index is -4.05. The standard InChI is InChI=1S/C18H16ClFN2O4S/c1-22(2)27(24,25)21-18(23)14-9-15(19)17(10-16(14)20)26-13-7-6-11-4-3-5-12(11)8-13/h3,5-10H,4H2,1-2H3,(H,21,23). The number of amides is 1. The minimum absolute atomic E-state index is 0.0168. The molecule has 0 saturated heterocycles. The van der Waals surface area contributed by atoms with Gasteiger partial charge in [-0.3, -0.25) is 4.79 Å². The number of nitrogens with one attached hydrogen (secondary N) is 1. The van der Waals surface area contributed by atoms with Gasteiger partial charge in [-0.1, -0.05) is 29.8 Å². The van der Waals surface area contributed by atoms with Crippen molar-refractivity contribution in [1.29, 1.82) is 0 Å². The zero-order valence-electron chi connectivity index (χ0n) is 14.5. The molecule has 0 aromatic heterocycles. The minimum Gasteiger partial charge on any atom is -0.456 e. The predicted molar refractivity (Wildman–Crippen MR) is 101 cm³/mol. The highest BCUT2D eigenvalue weighted by Crippen LogP contribution is 2.33. The van der Waals surface area contributed by atoms with E-state index in [2.05, 4.69) is 0 Å². The van der Waals surface area contributed by atoms with E-state index in [9.17, 15) is 17.6 Å². The molecule has 1 amide bonds. The first-order chi connectivity index (χ1) is 12.7. The number of carbonyl (C=O) groups excluding carboxylic acids is 1. The molecule has 1 aliphatic carbocycles. The van der Waals surface area contributed by atoms with Crippen molar-refractivity contribution in [2.45, 2.75) is 6.42 Å². The molecule has 27 heavy (non-hydrogen) atoms. The molecule has 0 atom stereocenters. The molecule has 6 nitrogen and oxygen atoms in total. The molecular formula is C18H16ClFN2O4S. The number of hydrogen-bond acceptors (Lipinski definition) is 4. The number of carbonyl (C=O) groups is 1. The quantitative estimate of drug-likeness (QED) is 0.819. The van der Waals surface area contributed by atoms with Crippen LogP contribution in [-0.4, -0.2) is 32.7 Å². The smallest absolute Gasteiger partial charge is 0.303 e. The van der Waals surface area contributed by atoms with E-state index >= 15 is 0 Å². The Bertz CT molecular complexity index is 1050. The number of benzene rings is 2. The summed E-state index contributed by atoms with van der Waals surface area (Å²) in [7, 11) is -1.58. The van der Waals surface area contributed by atoms with Crippen LogP contribution in [0.1, 0.15) is 21.5 Å². The Hall–Kier alpha value is -2.42. The molecule has 0 bridgehead atoms. The van der Waals surface area contributed by atoms with E-state index in [4.69, 9.17) is 16.3 Å². The Morgan fingerprint density at radius 3 is 2.70 bits per heavy atom. The average Bonchev–Trinajstić information content (AvgIpc) is 3.05. The van der Waals surface area contributed by atoms with E-state index in [1.807, 2.05) is 18.2 Å². The molecule has 3 rings (SSSR count). The van der Waals surface area contributed by atoms with Gasteiger partial charge in [-0.25, -0.2) is 9.11 Å². The molecule has 0 spiro atoms. The average molecular weight is 411 g/mol. The van der Waals surface area contributed by atoms with Gasteiger partial charge in [-0.05, 0) is 35.7 Å². The largest absolute Gasteiger partial charge is 0.456 e. The molecule has 0 aliphatic heterocycles. The van der Waals surface area contributed by atoms with Gasteiger partial charge < -0.3 is 4.74 Å². The molecule has 1 N–H and O–H groups in total. The van der Waals surface area contributed by atoms with Crippen molar-refractivity contribution < 1.29 is 22.3 Å². The Kier molecular flexibility index (Phi) is 5.23. The molecule has 0 fully saturated rings. The van der Waals surface area contributed by atoms with Crippen molar-refractivity contribution in [3.05, 3.63) is 63.9 Å². The second-order valence-corrected chi connectivity index (χ2v) is 8.34. The van der Waals surface area contributed by atoms with Crippen LogP contribution in [0, 0.1) is 5.82 Å². The summed E-state index contributed by atoms with van der Waals surface area (Å²) in [6.45, 7) is 0. The van der Waals surface area contributed by atoms with Gasteiger partial charge in [-0.2, -0.15) is 12.7 Å². The molecule has 0 heterocycles. The van der Waals surface area contributed by atoms with Crippen LogP contribution in [0.4, 0.5) is 4.39 Å². The van der Waals surface area contributed by atoms with Crippen molar-refractivity contribution in [3.8, 4) is 11.5 Å². The Morgan fingerprint density at radius 2 is 2.00 bits per heavy atom. The van der Waals surface area contributed by atoms with Gasteiger partial charge in [0.25, 0.3) is 5.91 Å². The van der Waals surface area contributed by atoms with Gasteiger partial charge in [0.1, 0.15) is 17.3 Å². The number of ether oxygens (including phenoxy) is 1. The van der Waals surface area contributed by atoms with Crippen LogP contribution < -0.4 is 9.46 Å². The molecule has 1 aliphatic rings. The van der Waals surface area contributed by atoms with Crippen LogP contribution in [0.5, 0.6) is 11.5 Å². The molecule has 142 valence electrons. The van der Waals surface area contributed by atoms with Crippen molar-refractivity contribution in [3.63, 3.8) is 0 Å². The Morgan fingerprint density at radius 1 is 1.26 bits per heavy atom. The summed E-state index contributed by atoms with van der Waals surface area (Å²) in [5, 5.41) is -0.0279. The van der Waals surface area contributed by atoms with Gasteiger partial charge in [-0.15, -0.1) is 0 Å². The molecule has 0 radical (unpaired) electrons. The van der Waals surface area contributed by atoms with Crippen LogP contribution in [0.3, 0.4) is 0 Å². The Labute approximate surface area is 161 Å². The van der Waals surface area contributed by atoms with Crippen molar-refractivity contribution >= 4 is 33.8 Å². The molecule has 2 aromatic carbocycles. The van der Waals surface area contributed by atoms with Gasteiger partial charge in [0.05, 0.1) is 10.6 Å². The fourth-order valence-corrected chi connectivity index (χ4v) is 3.19. The summed E-state index contributed by atoms with van der Waals surface area (Å²) in [6, 6.07) is 7.42. The summed E-state index contributed by atoms with van der Waals surface area (Å²) in [5.74, 6) is -1.60. The van der Waals surface area contributed by atoms with Crippen LogP contribution in [0.15, 0.2) is 36.4 Å². The lowest BCUT2D eigenvalue weighted by Crippen LogP contribution is -2.39. The number of allylic oxidation sites excluding steroid dienone is 1. The second-order valence-electron chi connectivity index (χ2n) is 6.05. The first-order valence-electron chi connectivity index (χ1n) is 7.88. The van der Waals surface area contributed by atoms with Crippen LogP contribution in [0.25, 0.3) is 6.08 Å². The maximum Gasteiger partial charge on any atom is 0.303 e. The third-order valence-corrected chi connectivity index (χ3v) is 5.65. The SMILES string of the molecule is CN(C)S(=O)(=O)NC(=O)c1cc(Cl)c(Oc2ccc3c(c2)C=CC3)cc1F. The third-order valence-electron chi connectivity index (χ3n) is 3.95. The lowest BCUT2D eigenvalue weighted by molar-refractivity contribution is 0.0976. The van der Waals surface area contributed by atoms with Crippen molar-refractivity contribution in [1.82, 2.24) is 9.03 Å². The highest BCUT2D eigenvalue weighted by Gasteiger charge is 2.22. The highest BCUT2D eigenvalue weighted by molar-refractivity contribution is 7.87.